The van der Waals surface area contributed by atoms with E-state index in [2.05, 4.69) is 10.2 Å². The predicted octanol–water partition coefficient (Wildman–Crippen LogP) is 1.12. The lowest BCUT2D eigenvalue weighted by Crippen LogP contribution is -2.29. The van der Waals surface area contributed by atoms with Gasteiger partial charge in [0.05, 0.1) is 23.3 Å². The van der Waals surface area contributed by atoms with Crippen LogP contribution in [0.1, 0.15) is 29.7 Å². The Kier molecular flexibility index (Phi) is 3.79. The molecule has 3 rings (SSSR count). The lowest BCUT2D eigenvalue weighted by atomic mass is 10.2. The van der Waals surface area contributed by atoms with E-state index in [0.717, 1.165) is 0 Å². The van der Waals surface area contributed by atoms with Crippen LogP contribution < -0.4 is 0 Å². The first-order valence-corrected chi connectivity index (χ1v) is 8.39. The molecule has 8 heteroatoms. The van der Waals surface area contributed by atoms with Gasteiger partial charge >= 0.3 is 0 Å². The molecule has 116 valence electrons. The number of aromatic nitrogens is 3. The van der Waals surface area contributed by atoms with Crippen LogP contribution in [0.3, 0.4) is 0 Å². The second-order valence-corrected chi connectivity index (χ2v) is 7.18. The molecule has 7 nitrogen and oxygen atoms in total. The number of ketones is 1. The smallest absolute Gasteiger partial charge is 0.243 e. The summed E-state index contributed by atoms with van der Waals surface area (Å²) >= 11 is 0. The molecule has 0 N–H and O–H groups in total. The van der Waals surface area contributed by atoms with Crippen molar-refractivity contribution in [3.05, 3.63) is 42.2 Å². The Labute approximate surface area is 128 Å². The number of sulfonamides is 1. The van der Waals surface area contributed by atoms with Crippen molar-refractivity contribution in [1.29, 1.82) is 0 Å². The van der Waals surface area contributed by atoms with Crippen molar-refractivity contribution in [2.45, 2.75) is 24.3 Å². The molecule has 1 fully saturated rings. The minimum absolute atomic E-state index is 0.0548. The van der Waals surface area contributed by atoms with Crippen LogP contribution in [0.15, 0.2) is 41.6 Å². The summed E-state index contributed by atoms with van der Waals surface area (Å²) in [5.41, 5.74) is 0.394. The molecule has 22 heavy (non-hydrogen) atoms. The van der Waals surface area contributed by atoms with Crippen LogP contribution in [0.2, 0.25) is 0 Å². The zero-order chi connectivity index (χ0) is 15.7. The van der Waals surface area contributed by atoms with E-state index < -0.39 is 10.0 Å². The molecular formula is C14H16N4O3S. The number of hydrogen-bond acceptors (Lipinski definition) is 5. The summed E-state index contributed by atoms with van der Waals surface area (Å²) in [7, 11) is -3.61. The zero-order valence-electron chi connectivity index (χ0n) is 12.1. The Hall–Kier alpha value is -2.06. The van der Waals surface area contributed by atoms with E-state index in [4.69, 9.17) is 0 Å². The van der Waals surface area contributed by atoms with E-state index in [1.54, 1.807) is 29.3 Å². The summed E-state index contributed by atoms with van der Waals surface area (Å²) in [5, 5.41) is 8.13. The maximum absolute atomic E-state index is 12.7. The molecule has 0 saturated carbocycles. The normalized spacial score (nSPS) is 19.4. The maximum atomic E-state index is 12.7. The second-order valence-electron chi connectivity index (χ2n) is 5.24. The van der Waals surface area contributed by atoms with Crippen LogP contribution in [0.4, 0.5) is 0 Å². The highest BCUT2D eigenvalue weighted by Crippen LogP contribution is 2.26. The molecule has 2 heterocycles. The van der Waals surface area contributed by atoms with Crippen LogP contribution in [-0.2, 0) is 10.0 Å². The first-order chi connectivity index (χ1) is 10.5. The molecule has 1 aromatic carbocycles. The standard InChI is InChI=1S/C14H16N4O3S/c1-11(19)12-3-2-4-14(9-12)22(20,21)17-8-5-13(10-17)18-15-6-7-16-18/h2-4,6-7,9,13H,5,8,10H2,1H3. The highest BCUT2D eigenvalue weighted by molar-refractivity contribution is 7.89. The van der Waals surface area contributed by atoms with Crippen molar-refractivity contribution < 1.29 is 13.2 Å². The highest BCUT2D eigenvalue weighted by Gasteiger charge is 2.34. The second kappa shape index (κ2) is 5.62. The fraction of sp³-hybridized carbons (Fsp3) is 0.357. The number of benzene rings is 1. The molecule has 0 amide bonds. The Morgan fingerprint density at radius 3 is 2.68 bits per heavy atom. The van der Waals surface area contributed by atoms with Gasteiger partial charge in [0, 0.05) is 18.7 Å². The molecule has 0 spiro atoms. The zero-order valence-corrected chi connectivity index (χ0v) is 12.9. The lowest BCUT2D eigenvalue weighted by molar-refractivity contribution is 0.101. The number of Topliss-reactive ketones (excluding diaryl/α,β-unsaturated/α-hetero) is 1. The lowest BCUT2D eigenvalue weighted by Gasteiger charge is -2.16. The maximum Gasteiger partial charge on any atom is 0.243 e. The molecule has 1 unspecified atom stereocenters. The first kappa shape index (κ1) is 14.9. The van der Waals surface area contributed by atoms with Gasteiger partial charge in [-0.1, -0.05) is 12.1 Å². The largest absolute Gasteiger partial charge is 0.295 e. The average molecular weight is 320 g/mol. The van der Waals surface area contributed by atoms with Gasteiger partial charge in [-0.25, -0.2) is 8.42 Å². The fourth-order valence-corrected chi connectivity index (χ4v) is 4.10. The van der Waals surface area contributed by atoms with E-state index in [1.165, 1.54) is 23.4 Å². The van der Waals surface area contributed by atoms with Crippen LogP contribution in [0, 0.1) is 0 Å². The summed E-state index contributed by atoms with van der Waals surface area (Å²) < 4.78 is 26.8. The number of nitrogens with zero attached hydrogens (tertiary/aromatic N) is 4. The average Bonchev–Trinajstić information content (AvgIpc) is 3.18. The van der Waals surface area contributed by atoms with Gasteiger partial charge in [-0.15, -0.1) is 0 Å². The molecular weight excluding hydrogens is 304 g/mol. The summed E-state index contributed by atoms with van der Waals surface area (Å²) in [5.74, 6) is -0.155. The Morgan fingerprint density at radius 2 is 2.00 bits per heavy atom. The van der Waals surface area contributed by atoms with Gasteiger partial charge in [0.15, 0.2) is 5.78 Å². The van der Waals surface area contributed by atoms with E-state index >= 15 is 0 Å². The number of hydrogen-bond donors (Lipinski definition) is 0. The fourth-order valence-electron chi connectivity index (χ4n) is 2.56. The van der Waals surface area contributed by atoms with Crippen molar-refractivity contribution in [1.82, 2.24) is 19.3 Å². The highest BCUT2D eigenvalue weighted by atomic mass is 32.2. The van der Waals surface area contributed by atoms with Crippen LogP contribution in [0.5, 0.6) is 0 Å². The van der Waals surface area contributed by atoms with Crippen LogP contribution in [0.25, 0.3) is 0 Å². The monoisotopic (exact) mass is 320 g/mol. The summed E-state index contributed by atoms with van der Waals surface area (Å²) in [4.78, 5) is 13.1. The summed E-state index contributed by atoms with van der Waals surface area (Å²) in [6.07, 6.45) is 3.82. The number of carbonyl (C=O) groups is 1. The van der Waals surface area contributed by atoms with Gasteiger partial charge in [0.1, 0.15) is 0 Å². The van der Waals surface area contributed by atoms with Crippen molar-refractivity contribution in [2.24, 2.45) is 0 Å². The third kappa shape index (κ3) is 2.67. The van der Waals surface area contributed by atoms with Gasteiger partial charge < -0.3 is 0 Å². The molecule has 1 aliphatic heterocycles. The molecule has 2 aromatic rings. The van der Waals surface area contributed by atoms with Crippen LogP contribution in [-0.4, -0.2) is 46.6 Å². The predicted molar refractivity (Wildman–Crippen MR) is 78.9 cm³/mol. The van der Waals surface area contributed by atoms with Crippen molar-refractivity contribution in [3.8, 4) is 0 Å². The van der Waals surface area contributed by atoms with Gasteiger partial charge in [0.25, 0.3) is 0 Å². The third-order valence-corrected chi connectivity index (χ3v) is 5.63. The van der Waals surface area contributed by atoms with E-state index in [1.807, 2.05) is 0 Å². The summed E-state index contributed by atoms with van der Waals surface area (Å²) in [6.45, 7) is 2.17. The molecule has 0 radical (unpaired) electrons. The van der Waals surface area contributed by atoms with Crippen molar-refractivity contribution >= 4 is 15.8 Å². The molecule has 0 bridgehead atoms. The number of rotatable bonds is 4. The number of carbonyl (C=O) groups excluding carboxylic acids is 1. The van der Waals surface area contributed by atoms with Gasteiger partial charge in [-0.05, 0) is 25.5 Å². The molecule has 1 aliphatic rings. The topological polar surface area (TPSA) is 85.2 Å². The molecule has 1 atom stereocenters. The Morgan fingerprint density at radius 1 is 1.27 bits per heavy atom. The summed E-state index contributed by atoms with van der Waals surface area (Å²) in [6, 6.07) is 6.09. The van der Waals surface area contributed by atoms with E-state index in [-0.39, 0.29) is 16.7 Å². The minimum atomic E-state index is -3.61. The van der Waals surface area contributed by atoms with Crippen molar-refractivity contribution in [2.75, 3.05) is 13.1 Å². The minimum Gasteiger partial charge on any atom is -0.295 e. The van der Waals surface area contributed by atoms with Crippen molar-refractivity contribution in [3.63, 3.8) is 0 Å². The SMILES string of the molecule is CC(=O)c1cccc(S(=O)(=O)N2CCC(n3nccn3)C2)c1. The molecule has 1 aromatic heterocycles. The quantitative estimate of drug-likeness (QED) is 0.788. The Balaban J connectivity index is 1.85. The van der Waals surface area contributed by atoms with Gasteiger partial charge in [-0.3, -0.25) is 4.79 Å². The van der Waals surface area contributed by atoms with Gasteiger partial charge in [-0.2, -0.15) is 19.3 Å². The molecule has 0 aliphatic carbocycles. The van der Waals surface area contributed by atoms with E-state index in [0.29, 0.717) is 25.1 Å². The Bertz CT molecular complexity index is 786. The third-order valence-electron chi connectivity index (χ3n) is 3.77. The van der Waals surface area contributed by atoms with Crippen LogP contribution >= 0.6 is 0 Å². The van der Waals surface area contributed by atoms with Gasteiger partial charge in [0.2, 0.25) is 10.0 Å². The molecule has 1 saturated heterocycles. The first-order valence-electron chi connectivity index (χ1n) is 6.95. The van der Waals surface area contributed by atoms with E-state index in [9.17, 15) is 13.2 Å².